The minimum Gasteiger partial charge on any atom is -0.463 e. The van der Waals surface area contributed by atoms with Crippen molar-refractivity contribution in [3.05, 3.63) is 0 Å². The van der Waals surface area contributed by atoms with Gasteiger partial charge in [0.05, 0.1) is 6.61 Å². The van der Waals surface area contributed by atoms with Gasteiger partial charge in [-0.2, -0.15) is 15.0 Å². The number of anilines is 1. The van der Waals surface area contributed by atoms with Gasteiger partial charge >= 0.3 is 6.01 Å². The van der Waals surface area contributed by atoms with Gasteiger partial charge in [-0.25, -0.2) is 5.84 Å². The molecule has 1 saturated carbocycles. The van der Waals surface area contributed by atoms with Crippen molar-refractivity contribution in [3.8, 4) is 6.01 Å². The van der Waals surface area contributed by atoms with E-state index >= 15 is 0 Å². The van der Waals surface area contributed by atoms with E-state index in [9.17, 15) is 0 Å². The molecule has 19 heavy (non-hydrogen) atoms. The molecule has 0 bridgehead atoms. The summed E-state index contributed by atoms with van der Waals surface area (Å²) in [4.78, 5) is 12.6. The van der Waals surface area contributed by atoms with Gasteiger partial charge in [0.15, 0.2) is 5.16 Å². The Morgan fingerprint density at radius 2 is 2.11 bits per heavy atom. The zero-order valence-corrected chi connectivity index (χ0v) is 12.1. The summed E-state index contributed by atoms with van der Waals surface area (Å²) in [6.45, 7) is 2.64. The van der Waals surface area contributed by atoms with Crippen LogP contribution in [0.15, 0.2) is 5.16 Å². The third-order valence-corrected chi connectivity index (χ3v) is 4.16. The maximum atomic E-state index is 5.44. The number of hydrazine groups is 1. The quantitative estimate of drug-likeness (QED) is 0.451. The van der Waals surface area contributed by atoms with Crippen LogP contribution in [0, 0.1) is 5.92 Å². The Balaban J connectivity index is 1.96. The molecule has 1 aliphatic carbocycles. The summed E-state index contributed by atoms with van der Waals surface area (Å²) in [6.07, 6.45) is 6.26. The van der Waals surface area contributed by atoms with Crippen molar-refractivity contribution in [3.63, 3.8) is 0 Å². The minimum atomic E-state index is 0.346. The van der Waals surface area contributed by atoms with E-state index in [2.05, 4.69) is 20.4 Å². The second-order valence-corrected chi connectivity index (χ2v) is 5.67. The van der Waals surface area contributed by atoms with E-state index in [-0.39, 0.29) is 0 Å². The van der Waals surface area contributed by atoms with E-state index in [1.165, 1.54) is 25.7 Å². The highest BCUT2D eigenvalue weighted by molar-refractivity contribution is 7.99. The first-order valence-electron chi connectivity index (χ1n) is 6.80. The van der Waals surface area contributed by atoms with E-state index in [0.29, 0.717) is 23.7 Å². The third-order valence-electron chi connectivity index (χ3n) is 3.08. The van der Waals surface area contributed by atoms with Crippen LogP contribution in [0.1, 0.15) is 39.0 Å². The molecule has 1 heterocycles. The lowest BCUT2D eigenvalue weighted by Gasteiger charge is -2.09. The van der Waals surface area contributed by atoms with Crippen LogP contribution in [0.4, 0.5) is 5.95 Å². The van der Waals surface area contributed by atoms with Crippen LogP contribution in [-0.4, -0.2) is 27.3 Å². The molecule has 0 aromatic carbocycles. The lowest BCUT2D eigenvalue weighted by atomic mass is 10.1. The van der Waals surface area contributed by atoms with Gasteiger partial charge in [-0.05, 0) is 25.2 Å². The Morgan fingerprint density at radius 1 is 1.32 bits per heavy atom. The Bertz CT molecular complexity index is 398. The first-order valence-corrected chi connectivity index (χ1v) is 7.78. The number of aromatic nitrogens is 3. The third kappa shape index (κ3) is 4.50. The number of rotatable bonds is 7. The van der Waals surface area contributed by atoms with Gasteiger partial charge in [0.2, 0.25) is 5.95 Å². The highest BCUT2D eigenvalue weighted by Crippen LogP contribution is 2.30. The fourth-order valence-corrected chi connectivity index (χ4v) is 3.11. The summed E-state index contributed by atoms with van der Waals surface area (Å²) in [6, 6.07) is 0.346. The molecular formula is C12H21N5OS. The van der Waals surface area contributed by atoms with Gasteiger partial charge in [-0.3, -0.25) is 5.43 Å². The highest BCUT2D eigenvalue weighted by Gasteiger charge is 2.16. The molecular weight excluding hydrogens is 262 g/mol. The minimum absolute atomic E-state index is 0.346. The van der Waals surface area contributed by atoms with Crippen molar-refractivity contribution in [1.29, 1.82) is 0 Å². The predicted molar refractivity (Wildman–Crippen MR) is 76.1 cm³/mol. The number of nitrogen functional groups attached to an aromatic ring is 1. The van der Waals surface area contributed by atoms with Crippen molar-refractivity contribution in [1.82, 2.24) is 15.0 Å². The lowest BCUT2D eigenvalue weighted by Crippen LogP contribution is -2.13. The number of nitrogens with zero attached hydrogens (tertiary/aromatic N) is 3. The summed E-state index contributed by atoms with van der Waals surface area (Å²) < 4.78 is 5.44. The number of thioether (sulfide) groups is 1. The maximum absolute atomic E-state index is 5.44. The van der Waals surface area contributed by atoms with Crippen LogP contribution in [-0.2, 0) is 0 Å². The SMILES string of the molecule is CCCOc1nc(NN)nc(SCC2CCCC2)n1. The molecule has 2 rings (SSSR count). The van der Waals surface area contributed by atoms with Gasteiger partial charge < -0.3 is 4.74 Å². The van der Waals surface area contributed by atoms with Crippen LogP contribution in [0.3, 0.4) is 0 Å². The first-order chi connectivity index (χ1) is 9.31. The zero-order chi connectivity index (χ0) is 13.5. The largest absolute Gasteiger partial charge is 0.463 e. The van der Waals surface area contributed by atoms with Crippen LogP contribution >= 0.6 is 11.8 Å². The number of ether oxygens (including phenoxy) is 1. The lowest BCUT2D eigenvalue weighted by molar-refractivity contribution is 0.288. The molecule has 3 N–H and O–H groups in total. The molecule has 0 spiro atoms. The molecule has 7 heteroatoms. The van der Waals surface area contributed by atoms with Gasteiger partial charge in [0, 0.05) is 5.75 Å². The van der Waals surface area contributed by atoms with Crippen molar-refractivity contribution in [2.45, 2.75) is 44.2 Å². The maximum Gasteiger partial charge on any atom is 0.322 e. The summed E-state index contributed by atoms with van der Waals surface area (Å²) in [7, 11) is 0. The highest BCUT2D eigenvalue weighted by atomic mass is 32.2. The molecule has 1 aliphatic rings. The number of hydrogen-bond donors (Lipinski definition) is 2. The van der Waals surface area contributed by atoms with Crippen LogP contribution < -0.4 is 16.0 Å². The molecule has 106 valence electrons. The van der Waals surface area contributed by atoms with E-state index < -0.39 is 0 Å². The molecule has 0 radical (unpaired) electrons. The van der Waals surface area contributed by atoms with Gasteiger partial charge in [0.1, 0.15) is 0 Å². The van der Waals surface area contributed by atoms with Gasteiger partial charge in [-0.1, -0.05) is 31.5 Å². The monoisotopic (exact) mass is 283 g/mol. The number of nitrogens with one attached hydrogen (secondary N) is 1. The Hall–Kier alpha value is -1.08. The second kappa shape index (κ2) is 7.49. The van der Waals surface area contributed by atoms with Crippen molar-refractivity contribution in [2.75, 3.05) is 17.8 Å². The molecule has 0 aliphatic heterocycles. The Labute approximate surface area is 117 Å². The molecule has 0 saturated heterocycles. The van der Waals surface area contributed by atoms with Crippen LogP contribution in [0.2, 0.25) is 0 Å². The van der Waals surface area contributed by atoms with Crippen LogP contribution in [0.25, 0.3) is 0 Å². The van der Waals surface area contributed by atoms with Crippen LogP contribution in [0.5, 0.6) is 6.01 Å². The molecule has 6 nitrogen and oxygen atoms in total. The first kappa shape index (κ1) is 14.3. The van der Waals surface area contributed by atoms with E-state index in [1.807, 2.05) is 6.92 Å². The summed E-state index contributed by atoms with van der Waals surface area (Å²) in [5.41, 5.74) is 2.46. The molecule has 1 aromatic rings. The number of nitrogens with two attached hydrogens (primary N) is 1. The van der Waals surface area contributed by atoms with Crippen molar-refractivity contribution in [2.24, 2.45) is 11.8 Å². The molecule has 0 unspecified atom stereocenters. The van der Waals surface area contributed by atoms with Crippen molar-refractivity contribution >= 4 is 17.7 Å². The fraction of sp³-hybridized carbons (Fsp3) is 0.750. The average molecular weight is 283 g/mol. The molecule has 1 aromatic heterocycles. The van der Waals surface area contributed by atoms with Gasteiger partial charge in [-0.15, -0.1) is 0 Å². The van der Waals surface area contributed by atoms with E-state index in [4.69, 9.17) is 10.6 Å². The topological polar surface area (TPSA) is 86.0 Å². The summed E-state index contributed by atoms with van der Waals surface area (Å²) in [5, 5.41) is 0.681. The normalized spacial score (nSPS) is 15.7. The van der Waals surface area contributed by atoms with Crippen molar-refractivity contribution < 1.29 is 4.74 Å². The second-order valence-electron chi connectivity index (χ2n) is 4.68. The Kier molecular flexibility index (Phi) is 5.65. The summed E-state index contributed by atoms with van der Waals surface area (Å²) >= 11 is 1.66. The fourth-order valence-electron chi connectivity index (χ4n) is 2.09. The predicted octanol–water partition coefficient (Wildman–Crippen LogP) is 2.23. The Morgan fingerprint density at radius 3 is 2.79 bits per heavy atom. The van der Waals surface area contributed by atoms with Gasteiger partial charge in [0.25, 0.3) is 0 Å². The number of hydrogen-bond acceptors (Lipinski definition) is 7. The summed E-state index contributed by atoms with van der Waals surface area (Å²) in [5.74, 6) is 7.57. The zero-order valence-electron chi connectivity index (χ0n) is 11.3. The molecule has 0 atom stereocenters. The average Bonchev–Trinajstić information content (AvgIpc) is 2.96. The van der Waals surface area contributed by atoms with E-state index in [0.717, 1.165) is 18.1 Å². The smallest absolute Gasteiger partial charge is 0.322 e. The molecule has 0 amide bonds. The van der Waals surface area contributed by atoms with E-state index in [1.54, 1.807) is 11.8 Å². The molecule has 1 fully saturated rings. The standard InChI is InChI=1S/C12H21N5OS/c1-2-7-18-11-14-10(17-13)15-12(16-11)19-8-9-5-3-4-6-9/h9H,2-8,13H2,1H3,(H,14,15,16,17).